The van der Waals surface area contributed by atoms with Crippen LogP contribution in [0.2, 0.25) is 0 Å². The van der Waals surface area contributed by atoms with E-state index in [2.05, 4.69) is 27.7 Å². The molecule has 5 rings (SSSR count). The molecule has 4 N–H and O–H groups in total. The second-order valence-electron chi connectivity index (χ2n) is 16.3. The van der Waals surface area contributed by atoms with Gasteiger partial charge in [0.05, 0.1) is 31.0 Å². The van der Waals surface area contributed by atoms with Crippen molar-refractivity contribution in [1.29, 1.82) is 0 Å². The van der Waals surface area contributed by atoms with Gasteiger partial charge in [-0.1, -0.05) is 40.5 Å². The third-order valence-electron chi connectivity index (χ3n) is 13.6. The predicted octanol–water partition coefficient (Wildman–Crippen LogP) is 4.13. The number of aliphatic hydroxyl groups is 4. The Balaban J connectivity index is 1.21. The lowest BCUT2D eigenvalue weighted by molar-refractivity contribution is -0.311. The third-order valence-corrected chi connectivity index (χ3v) is 13.6. The lowest BCUT2D eigenvalue weighted by Gasteiger charge is -2.65. The van der Waals surface area contributed by atoms with Crippen LogP contribution in [0.1, 0.15) is 112 Å². The van der Waals surface area contributed by atoms with Gasteiger partial charge in [0.1, 0.15) is 12.2 Å². The third kappa shape index (κ3) is 6.65. The van der Waals surface area contributed by atoms with Crippen LogP contribution in [0.4, 0.5) is 0 Å². The molecule has 1 heterocycles. The van der Waals surface area contributed by atoms with Gasteiger partial charge in [-0.3, -0.25) is 9.59 Å². The van der Waals surface area contributed by atoms with Gasteiger partial charge in [0.25, 0.3) is 0 Å². The number of carbonyl (C=O) groups excluding carboxylic acids is 2. The summed E-state index contributed by atoms with van der Waals surface area (Å²) < 4.78 is 22.1. The van der Waals surface area contributed by atoms with Crippen LogP contribution in [0.3, 0.4) is 0 Å². The number of hydrogen-bond donors (Lipinski definition) is 4. The van der Waals surface area contributed by atoms with Crippen molar-refractivity contribution in [3.8, 4) is 0 Å². The molecule has 0 bridgehead atoms. The summed E-state index contributed by atoms with van der Waals surface area (Å²) >= 11 is 0. The summed E-state index contributed by atoms with van der Waals surface area (Å²) in [6.07, 6.45) is 3.98. The van der Waals surface area contributed by atoms with Crippen molar-refractivity contribution in [1.82, 2.24) is 0 Å². The topological polar surface area (TPSA) is 152 Å². The molecule has 4 saturated carbocycles. The standard InChI is InChI=1S/C36H60O10/c1-20(18-43-22(3)37)8-7-9-21(2)26-10-11-27-25-16-30(40)36(42)17-24(12-15-35(36,6)28(25)13-14-34(26,27)5)46-33-31(41)32(45-23(4)38)29(39)19-44-33/h20-21,24-33,39-42H,7-19H2,1-6H3/t20-,21-,24+,25+,26-,27+,28+,29-,30-,31+,32-,33+,34-,35-,36+/m1/s1. The van der Waals surface area contributed by atoms with Crippen molar-refractivity contribution >= 4 is 11.9 Å². The van der Waals surface area contributed by atoms with Gasteiger partial charge in [-0.05, 0) is 92.3 Å². The number of carbonyl (C=O) groups is 2. The number of ether oxygens (including phenoxy) is 4. The molecule has 10 heteroatoms. The first-order chi connectivity index (χ1) is 21.6. The minimum absolute atomic E-state index is 0.143. The Kier molecular flexibility index (Phi) is 10.9. The molecule has 4 aliphatic carbocycles. The molecule has 1 saturated heterocycles. The lowest BCUT2D eigenvalue weighted by Crippen LogP contribution is -2.69. The van der Waals surface area contributed by atoms with Crippen molar-refractivity contribution < 1.29 is 49.0 Å². The average Bonchev–Trinajstić information content (AvgIpc) is 3.34. The number of aliphatic hydroxyl groups excluding tert-OH is 3. The van der Waals surface area contributed by atoms with Gasteiger partial charge in [-0.25, -0.2) is 0 Å². The van der Waals surface area contributed by atoms with Crippen LogP contribution < -0.4 is 0 Å². The maximum atomic E-state index is 12.3. The summed E-state index contributed by atoms with van der Waals surface area (Å²) in [7, 11) is 0. The van der Waals surface area contributed by atoms with Crippen LogP contribution >= 0.6 is 0 Å². The van der Waals surface area contributed by atoms with Gasteiger partial charge in [0.15, 0.2) is 12.4 Å². The first-order valence-electron chi connectivity index (χ1n) is 17.9. The van der Waals surface area contributed by atoms with E-state index in [1.165, 1.54) is 33.1 Å². The smallest absolute Gasteiger partial charge is 0.303 e. The fourth-order valence-corrected chi connectivity index (χ4v) is 11.1. The molecule has 0 unspecified atom stereocenters. The summed E-state index contributed by atoms with van der Waals surface area (Å²) in [5, 5.41) is 45.1. The molecule has 0 radical (unpaired) electrons. The van der Waals surface area contributed by atoms with E-state index in [1.54, 1.807) is 0 Å². The first-order valence-corrected chi connectivity index (χ1v) is 17.9. The van der Waals surface area contributed by atoms with Crippen molar-refractivity contribution in [3.05, 3.63) is 0 Å². The molecule has 5 fully saturated rings. The molecular weight excluding hydrogens is 592 g/mol. The van der Waals surface area contributed by atoms with E-state index in [4.69, 9.17) is 18.9 Å². The van der Waals surface area contributed by atoms with Gasteiger partial charge < -0.3 is 39.4 Å². The van der Waals surface area contributed by atoms with E-state index >= 15 is 0 Å². The van der Waals surface area contributed by atoms with E-state index in [1.807, 2.05) is 0 Å². The molecule has 1 aliphatic heterocycles. The van der Waals surface area contributed by atoms with E-state index in [-0.39, 0.29) is 24.4 Å². The Labute approximate surface area is 274 Å². The maximum absolute atomic E-state index is 12.3. The highest BCUT2D eigenvalue weighted by Crippen LogP contribution is 2.69. The van der Waals surface area contributed by atoms with E-state index in [9.17, 15) is 30.0 Å². The Bertz CT molecular complexity index is 1090. The zero-order chi connectivity index (χ0) is 33.6. The van der Waals surface area contributed by atoms with Crippen LogP contribution in [-0.4, -0.2) is 88.0 Å². The Morgan fingerprint density at radius 2 is 1.70 bits per heavy atom. The zero-order valence-corrected chi connectivity index (χ0v) is 28.9. The van der Waals surface area contributed by atoms with Crippen LogP contribution in [0.5, 0.6) is 0 Å². The molecule has 10 nitrogen and oxygen atoms in total. The summed E-state index contributed by atoms with van der Waals surface area (Å²) in [4.78, 5) is 22.7. The van der Waals surface area contributed by atoms with E-state index in [0.717, 1.165) is 25.7 Å². The summed E-state index contributed by atoms with van der Waals surface area (Å²) in [6, 6.07) is 0. The number of rotatable bonds is 10. The van der Waals surface area contributed by atoms with Gasteiger partial charge >= 0.3 is 11.9 Å². The molecule has 0 aromatic heterocycles. The molecule has 0 amide bonds. The summed E-state index contributed by atoms with van der Waals surface area (Å²) in [6.45, 7) is 12.3. The van der Waals surface area contributed by atoms with Crippen LogP contribution in [0.15, 0.2) is 0 Å². The highest BCUT2D eigenvalue weighted by molar-refractivity contribution is 5.66. The molecule has 0 spiro atoms. The van der Waals surface area contributed by atoms with Gasteiger partial charge in [0, 0.05) is 25.7 Å². The molecule has 46 heavy (non-hydrogen) atoms. The molecule has 5 aliphatic rings. The van der Waals surface area contributed by atoms with Crippen molar-refractivity contribution in [2.75, 3.05) is 13.2 Å². The quantitative estimate of drug-likeness (QED) is 0.200. The fraction of sp³-hybridized carbons (Fsp3) is 0.944. The first kappa shape index (κ1) is 36.0. The summed E-state index contributed by atoms with van der Waals surface area (Å²) in [5.41, 5.74) is -1.55. The van der Waals surface area contributed by atoms with Gasteiger partial charge in [-0.15, -0.1) is 0 Å². The van der Waals surface area contributed by atoms with Crippen molar-refractivity contribution in [2.24, 2.45) is 46.3 Å². The highest BCUT2D eigenvalue weighted by Gasteiger charge is 2.67. The van der Waals surface area contributed by atoms with E-state index in [0.29, 0.717) is 61.4 Å². The highest BCUT2D eigenvalue weighted by atomic mass is 16.7. The minimum atomic E-state index is -1.37. The van der Waals surface area contributed by atoms with Gasteiger partial charge in [0.2, 0.25) is 0 Å². The minimum Gasteiger partial charge on any atom is -0.466 e. The number of hydrogen-bond acceptors (Lipinski definition) is 10. The van der Waals surface area contributed by atoms with Crippen LogP contribution in [0.25, 0.3) is 0 Å². The average molecular weight is 653 g/mol. The second kappa shape index (κ2) is 13.9. The lowest BCUT2D eigenvalue weighted by atomic mass is 9.42. The fourth-order valence-electron chi connectivity index (χ4n) is 11.1. The predicted molar refractivity (Wildman–Crippen MR) is 169 cm³/mol. The van der Waals surface area contributed by atoms with E-state index < -0.39 is 53.8 Å². The Morgan fingerprint density at radius 3 is 2.39 bits per heavy atom. The zero-order valence-electron chi connectivity index (χ0n) is 28.9. The molecule has 264 valence electrons. The SMILES string of the molecule is CC(=O)OC[C@H](C)CCC[C@@H](C)[C@H]1CC[C@H]2[C@@H]3C[C@@H](O)[C@@]4(O)C[C@@H](O[C@@H]5OC[C@@H](O)[C@@H](OC(C)=O)[C@@H]5O)CC[C@]4(C)[C@H]3CC[C@]12C. The molecule has 0 aromatic rings. The van der Waals surface area contributed by atoms with Crippen LogP contribution in [0, 0.1) is 46.3 Å². The number of esters is 2. The monoisotopic (exact) mass is 652 g/mol. The van der Waals surface area contributed by atoms with Gasteiger partial charge in [-0.2, -0.15) is 0 Å². The largest absolute Gasteiger partial charge is 0.466 e. The normalized spacial score (nSPS) is 46.7. The van der Waals surface area contributed by atoms with Crippen molar-refractivity contribution in [3.63, 3.8) is 0 Å². The maximum Gasteiger partial charge on any atom is 0.303 e. The molecule has 0 aromatic carbocycles. The molecule has 15 atom stereocenters. The second-order valence-corrected chi connectivity index (χ2v) is 16.3. The van der Waals surface area contributed by atoms with Crippen molar-refractivity contribution in [2.45, 2.75) is 155 Å². The summed E-state index contributed by atoms with van der Waals surface area (Å²) in [5.74, 6) is 2.01. The number of fused-ring (bicyclic) bond motifs is 5. The Hall–Kier alpha value is -1.30. The Morgan fingerprint density at radius 1 is 0.957 bits per heavy atom. The van der Waals surface area contributed by atoms with Crippen LogP contribution in [-0.2, 0) is 28.5 Å². The molecular formula is C36H60O10.